The number of carbonyl (C=O) groups excluding carboxylic acids is 2. The van der Waals surface area contributed by atoms with Gasteiger partial charge in [-0.1, -0.05) is 52.0 Å². The van der Waals surface area contributed by atoms with E-state index < -0.39 is 10.8 Å². The number of nitrogens with one attached hydrogen (secondary N) is 2. The van der Waals surface area contributed by atoms with E-state index in [1.54, 1.807) is 0 Å². The van der Waals surface area contributed by atoms with Gasteiger partial charge in [0.2, 0.25) is 11.8 Å². The van der Waals surface area contributed by atoms with Crippen molar-refractivity contribution in [3.8, 4) is 0 Å². The van der Waals surface area contributed by atoms with Crippen LogP contribution in [0.4, 0.5) is 0 Å². The zero-order valence-electron chi connectivity index (χ0n) is 16.6. The third kappa shape index (κ3) is 1.91. The summed E-state index contributed by atoms with van der Waals surface area (Å²) < 4.78 is 0. The molecule has 26 heavy (non-hydrogen) atoms. The summed E-state index contributed by atoms with van der Waals surface area (Å²) in [5, 5.41) is 0. The summed E-state index contributed by atoms with van der Waals surface area (Å²) in [6.45, 7) is 17.3. The van der Waals surface area contributed by atoms with Gasteiger partial charge in [0.15, 0.2) is 0 Å². The molecular weight excluding hydrogens is 324 g/mol. The predicted molar refractivity (Wildman–Crippen MR) is 102 cm³/mol. The second-order valence-corrected chi connectivity index (χ2v) is 10.4. The van der Waals surface area contributed by atoms with Crippen LogP contribution in [0.3, 0.4) is 0 Å². The molecule has 4 fully saturated rings. The van der Waals surface area contributed by atoms with Crippen molar-refractivity contribution in [2.45, 2.75) is 66.2 Å². The van der Waals surface area contributed by atoms with Crippen LogP contribution in [-0.4, -0.2) is 11.8 Å². The molecule has 4 saturated carbocycles. The van der Waals surface area contributed by atoms with E-state index in [0.29, 0.717) is 11.8 Å². The highest BCUT2D eigenvalue weighted by Crippen LogP contribution is 2.66. The van der Waals surface area contributed by atoms with Crippen molar-refractivity contribution in [1.82, 2.24) is 10.9 Å². The van der Waals surface area contributed by atoms with Crippen LogP contribution in [0, 0.1) is 33.5 Å². The fourth-order valence-electron chi connectivity index (χ4n) is 6.64. The highest BCUT2D eigenvalue weighted by molar-refractivity contribution is 5.92. The molecule has 0 aliphatic heterocycles. The minimum Gasteiger partial charge on any atom is -0.272 e. The molecule has 2 amide bonds. The molecule has 4 nitrogen and oxygen atoms in total. The Hall–Kier alpha value is -1.58. The Bertz CT molecular complexity index is 672. The average molecular weight is 357 g/mol. The molecule has 4 atom stereocenters. The molecule has 0 radical (unpaired) electrons. The molecule has 0 aromatic carbocycles. The van der Waals surface area contributed by atoms with Crippen molar-refractivity contribution in [3.63, 3.8) is 0 Å². The molecule has 0 heterocycles. The lowest BCUT2D eigenvalue weighted by Gasteiger charge is -2.38. The second kappa shape index (κ2) is 5.02. The number of amides is 2. The number of carbonyl (C=O) groups is 2. The van der Waals surface area contributed by atoms with Crippen LogP contribution in [-0.2, 0) is 9.59 Å². The van der Waals surface area contributed by atoms with Gasteiger partial charge in [-0.05, 0) is 61.2 Å². The van der Waals surface area contributed by atoms with E-state index in [9.17, 15) is 9.59 Å². The standard InChI is InChI=1S/C22H32N2O2/c1-13-19(3,4)15-7-9-21(13,11-15)17(25)23-24-18(26)22-10-8-16(12-22)20(5,6)14(22)2/h15-16H,1-2,7-12H2,3-6H3,(H,23,25)(H,24,26)/t15-,16+,21-,22-/m0/s1. The minimum absolute atomic E-state index is 0.000717. The van der Waals surface area contributed by atoms with Crippen LogP contribution in [0.25, 0.3) is 0 Å². The van der Waals surface area contributed by atoms with Crippen LogP contribution in [0.5, 0.6) is 0 Å². The molecule has 0 aromatic rings. The van der Waals surface area contributed by atoms with Crippen LogP contribution < -0.4 is 10.9 Å². The van der Waals surface area contributed by atoms with Gasteiger partial charge in [-0.2, -0.15) is 0 Å². The number of hydrazine groups is 1. The lowest BCUT2D eigenvalue weighted by atomic mass is 9.68. The van der Waals surface area contributed by atoms with Gasteiger partial charge in [0.25, 0.3) is 0 Å². The van der Waals surface area contributed by atoms with Gasteiger partial charge in [0, 0.05) is 0 Å². The molecule has 4 aliphatic carbocycles. The van der Waals surface area contributed by atoms with Crippen molar-refractivity contribution in [2.24, 2.45) is 33.5 Å². The third-order valence-corrected chi connectivity index (χ3v) is 8.94. The molecule has 0 saturated heterocycles. The summed E-state index contributed by atoms with van der Waals surface area (Å²) >= 11 is 0. The van der Waals surface area contributed by atoms with Crippen LogP contribution in [0.1, 0.15) is 66.2 Å². The highest BCUT2D eigenvalue weighted by Gasteiger charge is 2.62. The van der Waals surface area contributed by atoms with E-state index in [2.05, 4.69) is 51.7 Å². The van der Waals surface area contributed by atoms with Crippen LogP contribution in [0.15, 0.2) is 24.3 Å². The lowest BCUT2D eigenvalue weighted by molar-refractivity contribution is -0.137. The maximum atomic E-state index is 13.0. The van der Waals surface area contributed by atoms with Gasteiger partial charge < -0.3 is 0 Å². The maximum absolute atomic E-state index is 13.0. The first-order valence-corrected chi connectivity index (χ1v) is 9.99. The second-order valence-electron chi connectivity index (χ2n) is 10.4. The van der Waals surface area contributed by atoms with Gasteiger partial charge >= 0.3 is 0 Å². The van der Waals surface area contributed by atoms with Crippen LogP contribution in [0.2, 0.25) is 0 Å². The zero-order chi connectivity index (χ0) is 19.1. The topological polar surface area (TPSA) is 58.2 Å². The quantitative estimate of drug-likeness (QED) is 0.582. The van der Waals surface area contributed by atoms with Crippen molar-refractivity contribution in [1.29, 1.82) is 0 Å². The summed E-state index contributed by atoms with van der Waals surface area (Å²) in [5.41, 5.74) is 6.58. The Morgan fingerprint density at radius 3 is 1.42 bits per heavy atom. The molecule has 4 heteroatoms. The smallest absolute Gasteiger partial charge is 0.248 e. The van der Waals surface area contributed by atoms with E-state index in [1.165, 1.54) is 0 Å². The number of hydrogen-bond acceptors (Lipinski definition) is 2. The fourth-order valence-corrected chi connectivity index (χ4v) is 6.64. The maximum Gasteiger partial charge on any atom is 0.248 e. The fraction of sp³-hybridized carbons (Fsp3) is 0.727. The Morgan fingerprint density at radius 1 is 0.808 bits per heavy atom. The normalized spacial score (nSPS) is 41.5. The molecule has 0 aromatic heterocycles. The van der Waals surface area contributed by atoms with Crippen molar-refractivity contribution in [2.75, 3.05) is 0 Å². The highest BCUT2D eigenvalue weighted by atomic mass is 16.2. The van der Waals surface area contributed by atoms with E-state index >= 15 is 0 Å². The van der Waals surface area contributed by atoms with Gasteiger partial charge in [-0.25, -0.2) is 0 Å². The van der Waals surface area contributed by atoms with Gasteiger partial charge in [-0.3, -0.25) is 20.4 Å². The molecular formula is C22H32N2O2. The van der Waals surface area contributed by atoms with Gasteiger partial charge in [-0.15, -0.1) is 0 Å². The van der Waals surface area contributed by atoms with Gasteiger partial charge in [0.05, 0.1) is 10.8 Å². The number of rotatable bonds is 2. The molecule has 2 N–H and O–H groups in total. The minimum atomic E-state index is -0.511. The first-order chi connectivity index (χ1) is 12.0. The van der Waals surface area contributed by atoms with E-state index in [4.69, 9.17) is 0 Å². The number of hydrogen-bond donors (Lipinski definition) is 2. The first kappa shape index (κ1) is 17.8. The van der Waals surface area contributed by atoms with E-state index in [1.807, 2.05) is 0 Å². The van der Waals surface area contributed by atoms with E-state index in [-0.39, 0.29) is 22.6 Å². The number of fused-ring (bicyclic) bond motifs is 4. The summed E-state index contributed by atoms with van der Waals surface area (Å²) in [7, 11) is 0. The van der Waals surface area contributed by atoms with Crippen molar-refractivity contribution >= 4 is 11.8 Å². The molecule has 0 spiro atoms. The van der Waals surface area contributed by atoms with E-state index in [0.717, 1.165) is 49.7 Å². The monoisotopic (exact) mass is 356 g/mol. The molecule has 0 unspecified atom stereocenters. The Labute approximate surface area is 156 Å². The third-order valence-electron chi connectivity index (χ3n) is 8.94. The molecule has 4 aliphatic rings. The lowest BCUT2D eigenvalue weighted by Crippen LogP contribution is -2.53. The summed E-state index contributed by atoms with van der Waals surface area (Å²) in [6.07, 6.45) is 5.51. The van der Waals surface area contributed by atoms with Crippen molar-refractivity contribution < 1.29 is 9.59 Å². The SMILES string of the molecule is C=C1C(C)(C)[C@@H]2CC[C@]1(C(=O)NNC(=O)[C@@]13CC[C@@H](C1)C(C)(C)C3=C)C2. The largest absolute Gasteiger partial charge is 0.272 e. The first-order valence-electron chi connectivity index (χ1n) is 9.99. The Balaban J connectivity index is 1.47. The molecule has 142 valence electrons. The Kier molecular flexibility index (Phi) is 3.44. The summed E-state index contributed by atoms with van der Waals surface area (Å²) in [5.74, 6) is 0.859. The Morgan fingerprint density at radius 2 is 1.15 bits per heavy atom. The average Bonchev–Trinajstić information content (AvgIpc) is 3.30. The zero-order valence-corrected chi connectivity index (χ0v) is 16.6. The van der Waals surface area contributed by atoms with Crippen molar-refractivity contribution in [3.05, 3.63) is 24.3 Å². The summed E-state index contributed by atoms with van der Waals surface area (Å²) in [6, 6.07) is 0. The molecule has 4 rings (SSSR count). The molecule has 4 bridgehead atoms. The predicted octanol–water partition coefficient (Wildman–Crippen LogP) is 3.90. The van der Waals surface area contributed by atoms with Gasteiger partial charge in [0.1, 0.15) is 0 Å². The van der Waals surface area contributed by atoms with Crippen LogP contribution >= 0.6 is 0 Å². The summed E-state index contributed by atoms with van der Waals surface area (Å²) in [4.78, 5) is 26.1.